The molecule has 0 spiro atoms. The number of hydrogen-bond donors (Lipinski definition) is 0. The molecule has 4 nitrogen and oxygen atoms in total. The molecule has 0 aliphatic rings. The van der Waals surface area contributed by atoms with Crippen molar-refractivity contribution in [1.82, 2.24) is 19.1 Å². The normalized spacial score (nSPS) is 11.8. The minimum atomic E-state index is 0.711. The van der Waals surface area contributed by atoms with Crippen LogP contribution in [0.1, 0.15) is 0 Å². The zero-order valence-electron chi connectivity index (χ0n) is 40.2. The quantitative estimate of drug-likeness (QED) is 0.149. The molecule has 3 aromatic heterocycles. The summed E-state index contributed by atoms with van der Waals surface area (Å²) in [5, 5.41) is 10.4. The predicted molar refractivity (Wildman–Crippen MR) is 310 cm³/mol. The van der Waals surface area contributed by atoms with Crippen molar-refractivity contribution in [3.8, 4) is 67.4 Å². The van der Waals surface area contributed by atoms with Gasteiger partial charge in [0.1, 0.15) is 0 Å². The van der Waals surface area contributed by atoms with Crippen LogP contribution in [0, 0.1) is 0 Å². The second kappa shape index (κ2) is 16.9. The molecule has 0 radical (unpaired) electrons. The van der Waals surface area contributed by atoms with Crippen LogP contribution in [0.3, 0.4) is 0 Å². The summed E-state index contributed by atoms with van der Waals surface area (Å²) in [6.45, 7) is 0. The summed E-state index contributed by atoms with van der Waals surface area (Å²) in [7, 11) is 0. The standard InChI is InChI=1S/C70H44N4/c1-4-16-45(17-5-1)49-31-36-64-60(41-49)62-43-51(33-38-65(62)73(64)54-24-8-3-9-25-54)52-34-39-67-63(44-52)61-42-50(46-18-6-2-7-19-46)32-37-66(61)74(67)55-26-14-23-53(40-55)68-59-35-30-48-21-11-13-28-57(48)69(59)72-70(71-68)58-29-15-22-47-20-10-12-27-56(47)58/h1-44H. The Kier molecular flexibility index (Phi) is 9.54. The van der Waals surface area contributed by atoms with E-state index in [1.165, 1.54) is 60.4 Å². The van der Waals surface area contributed by atoms with E-state index in [2.05, 4.69) is 276 Å². The zero-order chi connectivity index (χ0) is 48.7. The number of aromatic nitrogens is 4. The fraction of sp³-hybridized carbons (Fsp3) is 0. The van der Waals surface area contributed by atoms with Crippen molar-refractivity contribution in [2.75, 3.05) is 0 Å². The molecule has 0 unspecified atom stereocenters. The minimum absolute atomic E-state index is 0.711. The molecular formula is C70H44N4. The number of fused-ring (bicyclic) bond motifs is 10. The van der Waals surface area contributed by atoms with Gasteiger partial charge in [0.25, 0.3) is 0 Å². The molecule has 0 bridgehead atoms. The van der Waals surface area contributed by atoms with Gasteiger partial charge in [-0.1, -0.05) is 188 Å². The average Bonchev–Trinajstić information content (AvgIpc) is 3.98. The molecule has 15 rings (SSSR count). The van der Waals surface area contributed by atoms with Crippen LogP contribution in [0.2, 0.25) is 0 Å². The van der Waals surface area contributed by atoms with Crippen molar-refractivity contribution in [3.63, 3.8) is 0 Å². The van der Waals surface area contributed by atoms with Crippen LogP contribution in [0.25, 0.3) is 143 Å². The maximum atomic E-state index is 5.49. The number of rotatable bonds is 7. The van der Waals surface area contributed by atoms with E-state index in [1.54, 1.807) is 0 Å². The highest BCUT2D eigenvalue weighted by Crippen LogP contribution is 2.42. The summed E-state index contributed by atoms with van der Waals surface area (Å²) >= 11 is 0. The van der Waals surface area contributed by atoms with E-state index in [9.17, 15) is 0 Å². The van der Waals surface area contributed by atoms with Gasteiger partial charge in [0.15, 0.2) is 5.82 Å². The van der Waals surface area contributed by atoms with Gasteiger partial charge in [0.2, 0.25) is 0 Å². The lowest BCUT2D eigenvalue weighted by atomic mass is 9.98. The molecule has 4 heteroatoms. The van der Waals surface area contributed by atoms with Crippen molar-refractivity contribution >= 4 is 76.1 Å². The molecule has 0 saturated heterocycles. The fourth-order valence-electron chi connectivity index (χ4n) is 11.6. The van der Waals surface area contributed by atoms with Gasteiger partial charge in [-0.2, -0.15) is 0 Å². The first-order chi connectivity index (χ1) is 36.7. The van der Waals surface area contributed by atoms with Crippen molar-refractivity contribution < 1.29 is 0 Å². The maximum Gasteiger partial charge on any atom is 0.161 e. The third kappa shape index (κ3) is 6.77. The Labute approximate surface area is 427 Å². The Balaban J connectivity index is 0.929. The van der Waals surface area contributed by atoms with Crippen molar-refractivity contribution in [2.24, 2.45) is 0 Å². The Morgan fingerprint density at radius 3 is 1.26 bits per heavy atom. The van der Waals surface area contributed by atoms with Crippen LogP contribution < -0.4 is 0 Å². The van der Waals surface area contributed by atoms with Crippen LogP contribution in [0.5, 0.6) is 0 Å². The number of para-hydroxylation sites is 1. The fourth-order valence-corrected chi connectivity index (χ4v) is 11.6. The van der Waals surface area contributed by atoms with Crippen molar-refractivity contribution in [3.05, 3.63) is 267 Å². The van der Waals surface area contributed by atoms with Gasteiger partial charge < -0.3 is 9.13 Å². The number of hydrogen-bond acceptors (Lipinski definition) is 2. The lowest BCUT2D eigenvalue weighted by molar-refractivity contribution is 1.18. The third-order valence-electron chi connectivity index (χ3n) is 15.1. The Bertz CT molecular complexity index is 4700. The number of nitrogens with zero attached hydrogens (tertiary/aromatic N) is 4. The molecule has 15 aromatic rings. The second-order valence-corrected chi connectivity index (χ2v) is 19.3. The molecule has 0 aliphatic heterocycles. The predicted octanol–water partition coefficient (Wildman–Crippen LogP) is 18.5. The molecule has 3 heterocycles. The van der Waals surface area contributed by atoms with Gasteiger partial charge >= 0.3 is 0 Å². The molecule has 344 valence electrons. The summed E-state index contributed by atoms with van der Waals surface area (Å²) in [6.07, 6.45) is 0. The summed E-state index contributed by atoms with van der Waals surface area (Å²) in [5.74, 6) is 0.711. The van der Waals surface area contributed by atoms with Crippen LogP contribution in [0.15, 0.2) is 267 Å². The van der Waals surface area contributed by atoms with Gasteiger partial charge in [-0.25, -0.2) is 9.97 Å². The molecule has 0 saturated carbocycles. The largest absolute Gasteiger partial charge is 0.309 e. The number of benzene rings is 12. The summed E-state index contributed by atoms with van der Waals surface area (Å²) in [5.41, 5.74) is 17.8. The van der Waals surface area contributed by atoms with E-state index in [-0.39, 0.29) is 0 Å². The van der Waals surface area contributed by atoms with Gasteiger partial charge in [-0.3, -0.25) is 0 Å². The van der Waals surface area contributed by atoms with Gasteiger partial charge in [-0.05, 0) is 128 Å². The average molecular weight is 941 g/mol. The van der Waals surface area contributed by atoms with Gasteiger partial charge in [0.05, 0.1) is 33.3 Å². The van der Waals surface area contributed by atoms with E-state index in [0.717, 1.165) is 77.2 Å². The molecule has 0 aliphatic carbocycles. The highest BCUT2D eigenvalue weighted by molar-refractivity contribution is 6.15. The van der Waals surface area contributed by atoms with Gasteiger partial charge in [0, 0.05) is 54.8 Å². The molecule has 0 fully saturated rings. The van der Waals surface area contributed by atoms with Crippen molar-refractivity contribution in [2.45, 2.75) is 0 Å². The summed E-state index contributed by atoms with van der Waals surface area (Å²) in [6, 6.07) is 96.7. The highest BCUT2D eigenvalue weighted by atomic mass is 15.0. The summed E-state index contributed by atoms with van der Waals surface area (Å²) in [4.78, 5) is 10.9. The van der Waals surface area contributed by atoms with Crippen LogP contribution in [0.4, 0.5) is 0 Å². The van der Waals surface area contributed by atoms with E-state index >= 15 is 0 Å². The molecule has 12 aromatic carbocycles. The highest BCUT2D eigenvalue weighted by Gasteiger charge is 2.20. The van der Waals surface area contributed by atoms with Crippen LogP contribution in [-0.2, 0) is 0 Å². The Morgan fingerprint density at radius 2 is 0.676 bits per heavy atom. The van der Waals surface area contributed by atoms with Crippen LogP contribution >= 0.6 is 0 Å². The second-order valence-electron chi connectivity index (χ2n) is 19.3. The SMILES string of the molecule is c1ccc(-c2ccc3c(c2)c2cc(-c4ccc5c(c4)c4cc(-c6ccccc6)ccc4n5-c4cccc(-c5nc(-c6cccc7ccccc67)nc6c5ccc5ccccc56)c4)ccc2n3-c2ccccc2)cc1. The van der Waals surface area contributed by atoms with E-state index in [0.29, 0.717) is 5.82 Å². The smallest absolute Gasteiger partial charge is 0.161 e. The van der Waals surface area contributed by atoms with Gasteiger partial charge in [-0.15, -0.1) is 0 Å². The zero-order valence-corrected chi connectivity index (χ0v) is 40.2. The third-order valence-corrected chi connectivity index (χ3v) is 15.1. The Hall–Kier alpha value is -9.90. The lowest BCUT2D eigenvalue weighted by Gasteiger charge is -2.14. The van der Waals surface area contributed by atoms with E-state index in [4.69, 9.17) is 9.97 Å². The first kappa shape index (κ1) is 41.8. The Morgan fingerprint density at radius 1 is 0.243 bits per heavy atom. The van der Waals surface area contributed by atoms with Crippen molar-refractivity contribution in [1.29, 1.82) is 0 Å². The summed E-state index contributed by atoms with van der Waals surface area (Å²) < 4.78 is 4.83. The van der Waals surface area contributed by atoms with E-state index < -0.39 is 0 Å². The molecule has 0 amide bonds. The maximum absolute atomic E-state index is 5.49. The lowest BCUT2D eigenvalue weighted by Crippen LogP contribution is -1.98. The molecule has 0 atom stereocenters. The topological polar surface area (TPSA) is 35.6 Å². The molecule has 74 heavy (non-hydrogen) atoms. The van der Waals surface area contributed by atoms with Crippen LogP contribution in [-0.4, -0.2) is 19.1 Å². The minimum Gasteiger partial charge on any atom is -0.309 e. The molecule has 0 N–H and O–H groups in total. The monoisotopic (exact) mass is 940 g/mol. The first-order valence-corrected chi connectivity index (χ1v) is 25.3. The first-order valence-electron chi connectivity index (χ1n) is 25.3. The molecular weight excluding hydrogens is 897 g/mol. The van der Waals surface area contributed by atoms with E-state index in [1.807, 2.05) is 0 Å².